The molecule has 5 nitrogen and oxygen atoms in total. The van der Waals surface area contributed by atoms with Gasteiger partial charge in [-0.15, -0.1) is 0 Å². The Morgan fingerprint density at radius 3 is 3.09 bits per heavy atom. The van der Waals surface area contributed by atoms with Crippen LogP contribution in [0.25, 0.3) is 0 Å². The maximum atomic E-state index is 12.5. The third-order valence-electron chi connectivity index (χ3n) is 4.46. The molecule has 1 amide bonds. The van der Waals surface area contributed by atoms with E-state index in [1.165, 1.54) is 5.56 Å². The number of aromatic nitrogens is 2. The lowest BCUT2D eigenvalue weighted by Gasteiger charge is -2.22. The van der Waals surface area contributed by atoms with Gasteiger partial charge in [-0.05, 0) is 54.5 Å². The maximum Gasteiger partial charge on any atom is 0.229 e. The quantitative estimate of drug-likeness (QED) is 0.849. The van der Waals surface area contributed by atoms with E-state index < -0.39 is 0 Å². The molecule has 4 rings (SSSR count). The summed E-state index contributed by atoms with van der Waals surface area (Å²) in [6.45, 7) is 0.806. The van der Waals surface area contributed by atoms with E-state index in [1.807, 2.05) is 4.90 Å². The van der Waals surface area contributed by atoms with E-state index >= 15 is 0 Å². The molecule has 2 aromatic rings. The van der Waals surface area contributed by atoms with E-state index in [-0.39, 0.29) is 11.9 Å². The number of aryl methyl sites for hydroxylation is 1. The molecule has 0 bridgehead atoms. The topological polar surface area (TPSA) is 59.2 Å². The van der Waals surface area contributed by atoms with Crippen molar-refractivity contribution in [2.75, 3.05) is 6.54 Å². The molecule has 2 aromatic heterocycles. The van der Waals surface area contributed by atoms with Crippen LogP contribution < -0.4 is 0 Å². The number of hydrogen-bond acceptors (Lipinski definition) is 5. The van der Waals surface area contributed by atoms with Crippen molar-refractivity contribution >= 4 is 17.2 Å². The van der Waals surface area contributed by atoms with Crippen LogP contribution in [0.3, 0.4) is 0 Å². The minimum atomic E-state index is 0.00576. The Bertz CT molecular complexity index is 648. The lowest BCUT2D eigenvalue weighted by Crippen LogP contribution is -2.31. The van der Waals surface area contributed by atoms with E-state index in [4.69, 9.17) is 4.52 Å². The number of hydrogen-bond donors (Lipinski definition) is 0. The molecular formula is C16H19N3O2S. The first-order valence-electron chi connectivity index (χ1n) is 7.95. The molecule has 6 heteroatoms. The van der Waals surface area contributed by atoms with Gasteiger partial charge in [0.2, 0.25) is 11.8 Å². The molecule has 116 valence electrons. The van der Waals surface area contributed by atoms with Gasteiger partial charge in [0.15, 0.2) is 5.82 Å². The predicted molar refractivity (Wildman–Crippen MR) is 82.6 cm³/mol. The van der Waals surface area contributed by atoms with Crippen LogP contribution in [0.1, 0.15) is 61.3 Å². The first kappa shape index (κ1) is 13.9. The standard InChI is InChI=1S/C16H19N3O2S/c20-14(6-3-11-7-9-22-10-11)19-8-1-2-13(19)15-17-16(21-18-15)12-4-5-12/h7,9-10,12-13H,1-6,8H2/t13-/m1/s1. The molecule has 0 unspecified atom stereocenters. The second-order valence-electron chi connectivity index (χ2n) is 6.14. The van der Waals surface area contributed by atoms with Crippen LogP contribution in [0.4, 0.5) is 0 Å². The van der Waals surface area contributed by atoms with Crippen molar-refractivity contribution < 1.29 is 9.32 Å². The number of amides is 1. The van der Waals surface area contributed by atoms with Crippen molar-refractivity contribution in [3.05, 3.63) is 34.1 Å². The smallest absolute Gasteiger partial charge is 0.229 e. The summed E-state index contributed by atoms with van der Waals surface area (Å²) >= 11 is 1.67. The SMILES string of the molecule is O=C(CCc1ccsc1)N1CCC[C@@H]1c1noc(C2CC2)n1. The van der Waals surface area contributed by atoms with Crippen LogP contribution >= 0.6 is 11.3 Å². The van der Waals surface area contributed by atoms with Crippen LogP contribution in [0.5, 0.6) is 0 Å². The normalized spacial score (nSPS) is 21.5. The lowest BCUT2D eigenvalue weighted by molar-refractivity contribution is -0.132. The Hall–Kier alpha value is -1.69. The van der Waals surface area contributed by atoms with Gasteiger partial charge in [-0.25, -0.2) is 0 Å². The van der Waals surface area contributed by atoms with Crippen molar-refractivity contribution in [1.82, 2.24) is 15.0 Å². The van der Waals surface area contributed by atoms with Crippen LogP contribution in [-0.2, 0) is 11.2 Å². The zero-order valence-corrected chi connectivity index (χ0v) is 13.2. The fraction of sp³-hybridized carbons (Fsp3) is 0.562. The second kappa shape index (κ2) is 5.83. The molecule has 1 aliphatic carbocycles. The molecule has 2 fully saturated rings. The molecule has 1 aliphatic heterocycles. The summed E-state index contributed by atoms with van der Waals surface area (Å²) in [5, 5.41) is 8.28. The van der Waals surface area contributed by atoms with Gasteiger partial charge in [0.1, 0.15) is 0 Å². The minimum absolute atomic E-state index is 0.00576. The molecule has 1 saturated heterocycles. The zero-order chi connectivity index (χ0) is 14.9. The fourth-order valence-electron chi connectivity index (χ4n) is 3.04. The third kappa shape index (κ3) is 2.79. The van der Waals surface area contributed by atoms with Crippen LogP contribution in [0.2, 0.25) is 0 Å². The highest BCUT2D eigenvalue weighted by molar-refractivity contribution is 7.07. The first-order valence-corrected chi connectivity index (χ1v) is 8.89. The largest absolute Gasteiger partial charge is 0.339 e. The second-order valence-corrected chi connectivity index (χ2v) is 6.92. The third-order valence-corrected chi connectivity index (χ3v) is 5.19. The summed E-state index contributed by atoms with van der Waals surface area (Å²) < 4.78 is 5.35. The highest BCUT2D eigenvalue weighted by atomic mass is 32.1. The number of nitrogens with zero attached hydrogens (tertiary/aromatic N) is 3. The maximum absolute atomic E-state index is 12.5. The Morgan fingerprint density at radius 1 is 1.41 bits per heavy atom. The molecule has 2 aliphatic rings. The molecular weight excluding hydrogens is 298 g/mol. The van der Waals surface area contributed by atoms with Crippen LogP contribution in [0.15, 0.2) is 21.3 Å². The minimum Gasteiger partial charge on any atom is -0.339 e. The molecule has 22 heavy (non-hydrogen) atoms. The van der Waals surface area contributed by atoms with Gasteiger partial charge < -0.3 is 9.42 Å². The Labute approximate surface area is 133 Å². The molecule has 0 spiro atoms. The highest BCUT2D eigenvalue weighted by Crippen LogP contribution is 2.40. The summed E-state index contributed by atoms with van der Waals surface area (Å²) in [5.74, 6) is 2.12. The molecule has 0 N–H and O–H groups in total. The van der Waals surface area contributed by atoms with Gasteiger partial charge >= 0.3 is 0 Å². The van der Waals surface area contributed by atoms with Gasteiger partial charge in [-0.3, -0.25) is 4.79 Å². The van der Waals surface area contributed by atoms with E-state index in [1.54, 1.807) is 11.3 Å². The lowest BCUT2D eigenvalue weighted by atomic mass is 10.1. The van der Waals surface area contributed by atoms with Gasteiger partial charge in [0.25, 0.3) is 0 Å². The molecule has 0 aromatic carbocycles. The van der Waals surface area contributed by atoms with Crippen molar-refractivity contribution in [2.24, 2.45) is 0 Å². The highest BCUT2D eigenvalue weighted by Gasteiger charge is 2.35. The Kier molecular flexibility index (Phi) is 3.70. The number of rotatable bonds is 5. The van der Waals surface area contributed by atoms with Gasteiger partial charge in [0.05, 0.1) is 6.04 Å². The molecule has 3 heterocycles. The van der Waals surface area contributed by atoms with E-state index in [0.29, 0.717) is 18.2 Å². The van der Waals surface area contributed by atoms with Crippen molar-refractivity contribution in [2.45, 2.75) is 50.5 Å². The Morgan fingerprint density at radius 2 is 2.32 bits per heavy atom. The Balaban J connectivity index is 1.42. The average Bonchev–Trinajstić information content (AvgIpc) is 3.02. The van der Waals surface area contributed by atoms with Gasteiger partial charge in [0, 0.05) is 18.9 Å². The first-order chi connectivity index (χ1) is 10.8. The summed E-state index contributed by atoms with van der Waals surface area (Å²) in [6, 6.07) is 2.09. The monoisotopic (exact) mass is 317 g/mol. The van der Waals surface area contributed by atoms with Crippen LogP contribution in [-0.4, -0.2) is 27.5 Å². The average molecular weight is 317 g/mol. The summed E-state index contributed by atoms with van der Waals surface area (Å²) in [5.41, 5.74) is 1.24. The summed E-state index contributed by atoms with van der Waals surface area (Å²) in [7, 11) is 0. The molecule has 1 saturated carbocycles. The molecule has 1 atom stereocenters. The number of likely N-dealkylation sites (tertiary alicyclic amines) is 1. The van der Waals surface area contributed by atoms with E-state index in [9.17, 15) is 4.79 Å². The van der Waals surface area contributed by atoms with Crippen molar-refractivity contribution in [1.29, 1.82) is 0 Å². The van der Waals surface area contributed by atoms with Crippen molar-refractivity contribution in [3.63, 3.8) is 0 Å². The predicted octanol–water partition coefficient (Wildman–Crippen LogP) is 3.30. The number of thiophene rings is 1. The molecule has 0 radical (unpaired) electrons. The van der Waals surface area contributed by atoms with Gasteiger partial charge in [-0.1, -0.05) is 5.16 Å². The van der Waals surface area contributed by atoms with E-state index in [0.717, 1.165) is 44.5 Å². The fourth-order valence-corrected chi connectivity index (χ4v) is 3.75. The summed E-state index contributed by atoms with van der Waals surface area (Å²) in [4.78, 5) is 19.0. The van der Waals surface area contributed by atoms with Crippen LogP contribution in [0, 0.1) is 0 Å². The zero-order valence-electron chi connectivity index (χ0n) is 12.4. The van der Waals surface area contributed by atoms with Gasteiger partial charge in [-0.2, -0.15) is 16.3 Å². The van der Waals surface area contributed by atoms with Crippen molar-refractivity contribution in [3.8, 4) is 0 Å². The number of carbonyl (C=O) groups excluding carboxylic acids is 1. The van der Waals surface area contributed by atoms with E-state index in [2.05, 4.69) is 27.0 Å². The number of carbonyl (C=O) groups is 1. The summed E-state index contributed by atoms with van der Waals surface area (Å²) in [6.07, 6.45) is 5.62.